The highest BCUT2D eigenvalue weighted by Crippen LogP contribution is 2.33. The second-order valence-electron chi connectivity index (χ2n) is 4.93. The van der Waals surface area contributed by atoms with Crippen molar-refractivity contribution in [2.24, 2.45) is 0 Å². The molecule has 0 heterocycles. The van der Waals surface area contributed by atoms with E-state index < -0.39 is 11.7 Å². The van der Waals surface area contributed by atoms with Gasteiger partial charge in [-0.25, -0.2) is 0 Å². The lowest BCUT2D eigenvalue weighted by atomic mass is 9.91. The molecule has 0 amide bonds. The SMILES string of the molecule is OCCN(Cc1ccccc1C(F)(F)F)C1CCC1. The fraction of sp³-hybridized carbons (Fsp3) is 0.571. The number of aliphatic hydroxyl groups excluding tert-OH is 1. The van der Waals surface area contributed by atoms with Gasteiger partial charge in [0.25, 0.3) is 0 Å². The quantitative estimate of drug-likeness (QED) is 0.891. The molecule has 19 heavy (non-hydrogen) atoms. The summed E-state index contributed by atoms with van der Waals surface area (Å²) in [7, 11) is 0. The van der Waals surface area contributed by atoms with Gasteiger partial charge in [0.2, 0.25) is 0 Å². The summed E-state index contributed by atoms with van der Waals surface area (Å²) in [5, 5.41) is 9.05. The topological polar surface area (TPSA) is 23.5 Å². The number of rotatable bonds is 5. The molecule has 0 atom stereocenters. The molecule has 0 bridgehead atoms. The largest absolute Gasteiger partial charge is 0.416 e. The molecule has 1 fully saturated rings. The summed E-state index contributed by atoms with van der Waals surface area (Å²) in [5.74, 6) is 0. The van der Waals surface area contributed by atoms with Crippen LogP contribution in [0.15, 0.2) is 24.3 Å². The van der Waals surface area contributed by atoms with E-state index in [0.29, 0.717) is 12.6 Å². The minimum absolute atomic E-state index is 0.0231. The summed E-state index contributed by atoms with van der Waals surface area (Å²) in [4.78, 5) is 1.95. The van der Waals surface area contributed by atoms with Crippen molar-refractivity contribution >= 4 is 0 Å². The number of halogens is 3. The third-order valence-electron chi connectivity index (χ3n) is 3.67. The molecule has 0 unspecified atom stereocenters. The van der Waals surface area contributed by atoms with Gasteiger partial charge in [0.05, 0.1) is 12.2 Å². The number of nitrogens with zero attached hydrogens (tertiary/aromatic N) is 1. The second kappa shape index (κ2) is 5.92. The maximum atomic E-state index is 12.9. The van der Waals surface area contributed by atoms with Gasteiger partial charge in [-0.15, -0.1) is 0 Å². The Kier molecular flexibility index (Phi) is 4.47. The van der Waals surface area contributed by atoms with E-state index in [1.807, 2.05) is 4.90 Å². The monoisotopic (exact) mass is 273 g/mol. The molecule has 1 aliphatic rings. The highest BCUT2D eigenvalue weighted by molar-refractivity contribution is 5.29. The van der Waals surface area contributed by atoms with Gasteiger partial charge in [0.15, 0.2) is 0 Å². The molecule has 5 heteroatoms. The number of aliphatic hydroxyl groups is 1. The minimum atomic E-state index is -4.32. The summed E-state index contributed by atoms with van der Waals surface area (Å²) < 4.78 is 38.7. The van der Waals surface area contributed by atoms with Gasteiger partial charge >= 0.3 is 6.18 Å². The highest BCUT2D eigenvalue weighted by atomic mass is 19.4. The standard InChI is InChI=1S/C14H18F3NO/c15-14(16,17)13-7-2-1-4-11(13)10-18(8-9-19)12-5-3-6-12/h1-2,4,7,12,19H,3,5-6,8-10H2. The van der Waals surface area contributed by atoms with Crippen LogP contribution in [-0.4, -0.2) is 29.2 Å². The Bertz CT molecular complexity index is 415. The van der Waals surface area contributed by atoms with Crippen LogP contribution >= 0.6 is 0 Å². The number of alkyl halides is 3. The van der Waals surface area contributed by atoms with Crippen molar-refractivity contribution < 1.29 is 18.3 Å². The average molecular weight is 273 g/mol. The third-order valence-corrected chi connectivity index (χ3v) is 3.67. The van der Waals surface area contributed by atoms with E-state index in [2.05, 4.69) is 0 Å². The average Bonchev–Trinajstić information content (AvgIpc) is 2.26. The molecule has 0 spiro atoms. The second-order valence-corrected chi connectivity index (χ2v) is 4.93. The molecule has 0 radical (unpaired) electrons. The lowest BCUT2D eigenvalue weighted by molar-refractivity contribution is -0.138. The van der Waals surface area contributed by atoms with Crippen LogP contribution in [0, 0.1) is 0 Å². The van der Waals surface area contributed by atoms with Gasteiger partial charge in [-0.05, 0) is 24.5 Å². The number of hydrogen-bond acceptors (Lipinski definition) is 2. The van der Waals surface area contributed by atoms with E-state index >= 15 is 0 Å². The van der Waals surface area contributed by atoms with Crippen molar-refractivity contribution in [3.63, 3.8) is 0 Å². The van der Waals surface area contributed by atoms with Gasteiger partial charge in [0, 0.05) is 19.1 Å². The Morgan fingerprint density at radius 1 is 1.21 bits per heavy atom. The molecule has 0 aromatic heterocycles. The Labute approximate surface area is 110 Å². The Morgan fingerprint density at radius 2 is 1.89 bits per heavy atom. The molecule has 1 aromatic rings. The zero-order valence-corrected chi connectivity index (χ0v) is 10.7. The number of hydrogen-bond donors (Lipinski definition) is 1. The van der Waals surface area contributed by atoms with E-state index in [0.717, 1.165) is 25.3 Å². The smallest absolute Gasteiger partial charge is 0.395 e. The van der Waals surface area contributed by atoms with Crippen molar-refractivity contribution in [3.05, 3.63) is 35.4 Å². The fourth-order valence-corrected chi connectivity index (χ4v) is 2.42. The van der Waals surface area contributed by atoms with Crippen molar-refractivity contribution in [1.29, 1.82) is 0 Å². The molecule has 0 saturated heterocycles. The maximum Gasteiger partial charge on any atom is 0.416 e. The van der Waals surface area contributed by atoms with Crippen molar-refractivity contribution in [2.45, 2.75) is 38.0 Å². The van der Waals surface area contributed by atoms with Crippen LogP contribution in [-0.2, 0) is 12.7 Å². The molecule has 1 aliphatic carbocycles. The zero-order valence-electron chi connectivity index (χ0n) is 10.7. The summed E-state index contributed by atoms with van der Waals surface area (Å²) >= 11 is 0. The van der Waals surface area contributed by atoms with E-state index in [1.165, 1.54) is 12.1 Å². The molecule has 2 rings (SSSR count). The van der Waals surface area contributed by atoms with Gasteiger partial charge in [-0.2, -0.15) is 13.2 Å². The summed E-state index contributed by atoms with van der Waals surface area (Å²) in [6.07, 6.45) is -1.18. The lowest BCUT2D eigenvalue weighted by Gasteiger charge is -2.37. The molecular formula is C14H18F3NO. The normalized spacial score (nSPS) is 16.7. The minimum Gasteiger partial charge on any atom is -0.395 e. The first-order chi connectivity index (χ1) is 9.02. The van der Waals surface area contributed by atoms with Crippen LogP contribution in [0.25, 0.3) is 0 Å². The van der Waals surface area contributed by atoms with Crippen LogP contribution in [0.3, 0.4) is 0 Å². The van der Waals surface area contributed by atoms with Crippen molar-refractivity contribution in [1.82, 2.24) is 4.90 Å². The van der Waals surface area contributed by atoms with Crippen LogP contribution in [0.1, 0.15) is 30.4 Å². The summed E-state index contributed by atoms with van der Waals surface area (Å²) in [6.45, 7) is 0.655. The van der Waals surface area contributed by atoms with Gasteiger partial charge in [-0.1, -0.05) is 24.6 Å². The maximum absolute atomic E-state index is 12.9. The van der Waals surface area contributed by atoms with Gasteiger partial charge in [-0.3, -0.25) is 4.90 Å². The third kappa shape index (κ3) is 3.48. The molecule has 1 aromatic carbocycles. The molecule has 1 N–H and O–H groups in total. The van der Waals surface area contributed by atoms with Crippen molar-refractivity contribution in [2.75, 3.05) is 13.2 Å². The van der Waals surface area contributed by atoms with Crippen molar-refractivity contribution in [3.8, 4) is 0 Å². The first-order valence-electron chi connectivity index (χ1n) is 6.52. The van der Waals surface area contributed by atoms with Crippen LogP contribution in [0.4, 0.5) is 13.2 Å². The van der Waals surface area contributed by atoms with E-state index in [1.54, 1.807) is 6.07 Å². The molecule has 106 valence electrons. The molecule has 1 saturated carbocycles. The predicted molar refractivity (Wildman–Crippen MR) is 66.6 cm³/mol. The van der Waals surface area contributed by atoms with Gasteiger partial charge in [0.1, 0.15) is 0 Å². The van der Waals surface area contributed by atoms with Crippen LogP contribution in [0.2, 0.25) is 0 Å². The molecule has 2 nitrogen and oxygen atoms in total. The fourth-order valence-electron chi connectivity index (χ4n) is 2.42. The first kappa shape index (κ1) is 14.3. The molecule has 0 aliphatic heterocycles. The Balaban J connectivity index is 2.16. The van der Waals surface area contributed by atoms with E-state index in [-0.39, 0.29) is 18.7 Å². The Morgan fingerprint density at radius 3 is 2.42 bits per heavy atom. The Hall–Kier alpha value is -1.07. The van der Waals surface area contributed by atoms with E-state index in [4.69, 9.17) is 5.11 Å². The van der Waals surface area contributed by atoms with Gasteiger partial charge < -0.3 is 5.11 Å². The molecular weight excluding hydrogens is 255 g/mol. The van der Waals surface area contributed by atoms with Crippen LogP contribution < -0.4 is 0 Å². The lowest BCUT2D eigenvalue weighted by Crippen LogP contribution is -2.41. The highest BCUT2D eigenvalue weighted by Gasteiger charge is 2.34. The van der Waals surface area contributed by atoms with Crippen LogP contribution in [0.5, 0.6) is 0 Å². The number of benzene rings is 1. The zero-order chi connectivity index (χ0) is 13.9. The summed E-state index contributed by atoms with van der Waals surface area (Å²) in [5.41, 5.74) is -0.285. The first-order valence-corrected chi connectivity index (χ1v) is 6.52. The summed E-state index contributed by atoms with van der Waals surface area (Å²) in [6, 6.07) is 5.99. The van der Waals surface area contributed by atoms with E-state index in [9.17, 15) is 13.2 Å². The predicted octanol–water partition coefficient (Wildman–Crippen LogP) is 3.05.